The summed E-state index contributed by atoms with van der Waals surface area (Å²) >= 11 is 6.16. The first-order valence-electron chi connectivity index (χ1n) is 10.7. The van der Waals surface area contributed by atoms with Crippen LogP contribution >= 0.6 is 11.6 Å². The number of halogens is 1. The van der Waals surface area contributed by atoms with Crippen LogP contribution in [0.3, 0.4) is 0 Å². The van der Waals surface area contributed by atoms with Crippen molar-refractivity contribution in [2.24, 2.45) is 5.92 Å². The Kier molecular flexibility index (Phi) is 6.01. The second-order valence-corrected chi connectivity index (χ2v) is 8.74. The van der Waals surface area contributed by atoms with Crippen molar-refractivity contribution in [3.05, 3.63) is 28.8 Å². The Morgan fingerprint density at radius 2 is 1.93 bits per heavy atom. The number of nitriles is 1. The Hall–Kier alpha value is -2.14. The van der Waals surface area contributed by atoms with Gasteiger partial charge in [0, 0.05) is 39.4 Å². The Balaban J connectivity index is 1.52. The summed E-state index contributed by atoms with van der Waals surface area (Å²) in [4.78, 5) is 32.1. The topological polar surface area (TPSA) is 76.9 Å². The maximum atomic E-state index is 13.5. The van der Waals surface area contributed by atoms with E-state index in [1.54, 1.807) is 17.0 Å². The summed E-state index contributed by atoms with van der Waals surface area (Å²) in [5.41, 5.74) is -0.0461. The van der Waals surface area contributed by atoms with Gasteiger partial charge in [-0.05, 0) is 56.7 Å². The summed E-state index contributed by atoms with van der Waals surface area (Å²) < 4.78 is 5.46. The molecule has 3 heterocycles. The molecule has 1 aromatic carbocycles. The molecule has 0 N–H and O–H groups in total. The van der Waals surface area contributed by atoms with Gasteiger partial charge >= 0.3 is 6.03 Å². The van der Waals surface area contributed by atoms with Gasteiger partial charge in [0.05, 0.1) is 16.3 Å². The Morgan fingerprint density at radius 1 is 1.23 bits per heavy atom. The predicted octanol–water partition coefficient (Wildman–Crippen LogP) is 3.26. The number of likely N-dealkylation sites (N-methyl/N-ethyl adjacent to an activating group) is 1. The van der Waals surface area contributed by atoms with E-state index in [1.165, 1.54) is 11.0 Å². The molecule has 0 unspecified atom stereocenters. The maximum Gasteiger partial charge on any atom is 0.332 e. The number of carbonyl (C=O) groups excluding carboxylic acids is 2. The normalized spacial score (nSPS) is 22.7. The molecule has 0 radical (unpaired) electrons. The third kappa shape index (κ3) is 3.58. The molecule has 0 bridgehead atoms. The number of carbonyl (C=O) groups is 2. The van der Waals surface area contributed by atoms with Crippen molar-refractivity contribution in [2.75, 3.05) is 44.3 Å². The minimum atomic E-state index is -0.793. The second kappa shape index (κ2) is 8.54. The zero-order chi connectivity index (χ0) is 21.3. The van der Waals surface area contributed by atoms with Gasteiger partial charge in [-0.2, -0.15) is 5.26 Å². The molecule has 3 aliphatic heterocycles. The SMILES string of the molecule is CCN1C(=O)N(c2ccc(C#N)c(Cl)c2)C(=O)C12CCN(CC1CCOCC1)CC2. The van der Waals surface area contributed by atoms with Gasteiger partial charge in [-0.3, -0.25) is 4.79 Å². The van der Waals surface area contributed by atoms with Gasteiger partial charge in [-0.25, -0.2) is 9.69 Å². The smallest absolute Gasteiger partial charge is 0.332 e. The molecule has 4 rings (SSSR count). The first kappa shape index (κ1) is 21.1. The van der Waals surface area contributed by atoms with Gasteiger partial charge in [-0.15, -0.1) is 0 Å². The van der Waals surface area contributed by atoms with Crippen LogP contribution in [0.5, 0.6) is 0 Å². The van der Waals surface area contributed by atoms with Crippen LogP contribution in [-0.2, 0) is 9.53 Å². The zero-order valence-corrected chi connectivity index (χ0v) is 18.0. The second-order valence-electron chi connectivity index (χ2n) is 8.33. The number of benzene rings is 1. The fraction of sp³-hybridized carbons (Fsp3) is 0.591. The molecule has 3 fully saturated rings. The molecule has 30 heavy (non-hydrogen) atoms. The summed E-state index contributed by atoms with van der Waals surface area (Å²) in [6, 6.07) is 6.40. The maximum absolute atomic E-state index is 13.5. The number of hydrogen-bond donors (Lipinski definition) is 0. The predicted molar refractivity (Wildman–Crippen MR) is 113 cm³/mol. The lowest BCUT2D eigenvalue weighted by molar-refractivity contribution is -0.127. The van der Waals surface area contributed by atoms with Crippen molar-refractivity contribution in [3.63, 3.8) is 0 Å². The van der Waals surface area contributed by atoms with E-state index in [1.807, 2.05) is 13.0 Å². The van der Waals surface area contributed by atoms with E-state index in [2.05, 4.69) is 4.90 Å². The molecule has 0 aliphatic carbocycles. The number of nitrogens with zero attached hydrogens (tertiary/aromatic N) is 4. The Morgan fingerprint density at radius 3 is 2.53 bits per heavy atom. The standard InChI is InChI=1S/C22H27ClN4O3/c1-2-26-21(29)27(18-4-3-17(14-24)19(23)13-18)20(28)22(26)7-9-25(10-8-22)15-16-5-11-30-12-6-16/h3-4,13,16H,2,5-12,15H2,1H3. The van der Waals surface area contributed by atoms with Crippen LogP contribution in [0.25, 0.3) is 0 Å². The van der Waals surface area contributed by atoms with E-state index in [0.717, 1.165) is 45.7 Å². The third-order valence-electron chi connectivity index (χ3n) is 6.73. The highest BCUT2D eigenvalue weighted by Crippen LogP contribution is 2.40. The van der Waals surface area contributed by atoms with Crippen molar-refractivity contribution in [1.82, 2.24) is 9.80 Å². The minimum absolute atomic E-state index is 0.180. The van der Waals surface area contributed by atoms with Crippen LogP contribution < -0.4 is 4.90 Å². The van der Waals surface area contributed by atoms with E-state index in [4.69, 9.17) is 21.6 Å². The number of rotatable bonds is 4. The molecule has 0 saturated carbocycles. The highest BCUT2D eigenvalue weighted by Gasteiger charge is 2.57. The molecule has 0 atom stereocenters. The van der Waals surface area contributed by atoms with E-state index >= 15 is 0 Å². The minimum Gasteiger partial charge on any atom is -0.381 e. The molecular formula is C22H27ClN4O3. The van der Waals surface area contributed by atoms with Crippen molar-refractivity contribution in [1.29, 1.82) is 5.26 Å². The summed E-state index contributed by atoms with van der Waals surface area (Å²) in [7, 11) is 0. The fourth-order valence-corrected chi connectivity index (χ4v) is 5.21. The van der Waals surface area contributed by atoms with Gasteiger partial charge in [0.15, 0.2) is 0 Å². The molecule has 3 aliphatic rings. The van der Waals surface area contributed by atoms with Gasteiger partial charge < -0.3 is 14.5 Å². The number of ether oxygens (including phenoxy) is 1. The van der Waals surface area contributed by atoms with Gasteiger partial charge in [0.25, 0.3) is 5.91 Å². The molecule has 0 aromatic heterocycles. The molecule has 3 saturated heterocycles. The summed E-state index contributed by atoms with van der Waals surface area (Å²) in [6.07, 6.45) is 3.45. The molecule has 1 spiro atoms. The van der Waals surface area contributed by atoms with Crippen molar-refractivity contribution in [2.45, 2.75) is 38.1 Å². The van der Waals surface area contributed by atoms with Crippen LogP contribution in [0, 0.1) is 17.2 Å². The third-order valence-corrected chi connectivity index (χ3v) is 7.04. The van der Waals surface area contributed by atoms with Crippen LogP contribution in [0.15, 0.2) is 18.2 Å². The fourth-order valence-electron chi connectivity index (χ4n) is 5.00. The number of urea groups is 1. The largest absolute Gasteiger partial charge is 0.381 e. The van der Waals surface area contributed by atoms with Crippen LogP contribution in [0.2, 0.25) is 5.02 Å². The molecule has 1 aromatic rings. The van der Waals surface area contributed by atoms with Gasteiger partial charge in [0.2, 0.25) is 0 Å². The Labute approximate surface area is 182 Å². The number of likely N-dealkylation sites (tertiary alicyclic amines) is 1. The monoisotopic (exact) mass is 430 g/mol. The number of anilines is 1. The van der Waals surface area contributed by atoms with Crippen LogP contribution in [0.1, 0.15) is 38.2 Å². The molecule has 3 amide bonds. The van der Waals surface area contributed by atoms with E-state index < -0.39 is 5.54 Å². The van der Waals surface area contributed by atoms with Crippen molar-refractivity contribution in [3.8, 4) is 6.07 Å². The molecule has 8 heteroatoms. The first-order valence-corrected chi connectivity index (χ1v) is 11.0. The quantitative estimate of drug-likeness (QED) is 0.685. The summed E-state index contributed by atoms with van der Waals surface area (Å²) in [5, 5.41) is 9.34. The molecule has 160 valence electrons. The van der Waals surface area contributed by atoms with E-state index in [9.17, 15) is 9.59 Å². The average Bonchev–Trinajstić information content (AvgIpc) is 2.96. The number of hydrogen-bond acceptors (Lipinski definition) is 5. The van der Waals surface area contributed by atoms with Crippen molar-refractivity contribution >= 4 is 29.2 Å². The van der Waals surface area contributed by atoms with Crippen molar-refractivity contribution < 1.29 is 14.3 Å². The number of imide groups is 1. The zero-order valence-electron chi connectivity index (χ0n) is 17.3. The lowest BCUT2D eigenvalue weighted by Gasteiger charge is -2.43. The molecular weight excluding hydrogens is 404 g/mol. The Bertz CT molecular complexity index is 870. The van der Waals surface area contributed by atoms with Crippen LogP contribution in [-0.4, -0.2) is 66.7 Å². The lowest BCUT2D eigenvalue weighted by Crippen LogP contribution is -2.57. The average molecular weight is 431 g/mol. The summed E-state index contributed by atoms with van der Waals surface area (Å²) in [6.45, 7) is 6.69. The lowest BCUT2D eigenvalue weighted by atomic mass is 9.85. The number of amides is 3. The first-order chi connectivity index (χ1) is 14.5. The van der Waals surface area contributed by atoms with E-state index in [0.29, 0.717) is 36.6 Å². The van der Waals surface area contributed by atoms with Crippen LogP contribution in [0.4, 0.5) is 10.5 Å². The highest BCUT2D eigenvalue weighted by atomic mass is 35.5. The summed E-state index contributed by atoms with van der Waals surface area (Å²) in [5.74, 6) is 0.467. The van der Waals surface area contributed by atoms with Gasteiger partial charge in [0.1, 0.15) is 11.6 Å². The highest BCUT2D eigenvalue weighted by molar-refractivity contribution is 6.32. The van der Waals surface area contributed by atoms with Gasteiger partial charge in [-0.1, -0.05) is 11.6 Å². The number of piperidine rings is 1. The van der Waals surface area contributed by atoms with E-state index in [-0.39, 0.29) is 17.0 Å². The molecule has 7 nitrogen and oxygen atoms in total.